The second-order valence-corrected chi connectivity index (χ2v) is 10.8. The summed E-state index contributed by atoms with van der Waals surface area (Å²) in [6.07, 6.45) is 1.79. The number of benzene rings is 3. The SMILES string of the molecule is COc1cc(/C=C2\SC(=S)N(c3ccc(Br)c(Cl)c3)C2=O)ccc1OCc1ccc(Br)cc1. The summed E-state index contributed by atoms with van der Waals surface area (Å²) in [6.45, 7) is 0.414. The van der Waals surface area contributed by atoms with Gasteiger partial charge in [0, 0.05) is 8.95 Å². The number of anilines is 1. The lowest BCUT2D eigenvalue weighted by atomic mass is 10.1. The largest absolute Gasteiger partial charge is 0.493 e. The van der Waals surface area contributed by atoms with Crippen molar-refractivity contribution in [1.29, 1.82) is 0 Å². The molecular weight excluding hydrogens is 610 g/mol. The van der Waals surface area contributed by atoms with Gasteiger partial charge in [0.2, 0.25) is 0 Å². The molecule has 0 N–H and O–H groups in total. The van der Waals surface area contributed by atoms with Gasteiger partial charge in [0.25, 0.3) is 5.91 Å². The smallest absolute Gasteiger partial charge is 0.270 e. The minimum atomic E-state index is -0.196. The molecule has 0 aliphatic carbocycles. The van der Waals surface area contributed by atoms with Gasteiger partial charge in [-0.15, -0.1) is 0 Å². The minimum absolute atomic E-state index is 0.196. The van der Waals surface area contributed by atoms with E-state index in [4.69, 9.17) is 33.3 Å². The highest BCUT2D eigenvalue weighted by atomic mass is 79.9. The van der Waals surface area contributed by atoms with Crippen LogP contribution in [0, 0.1) is 0 Å². The average molecular weight is 626 g/mol. The Morgan fingerprint density at radius 3 is 2.52 bits per heavy atom. The highest BCUT2D eigenvalue weighted by Crippen LogP contribution is 2.39. The number of hydrogen-bond acceptors (Lipinski definition) is 5. The van der Waals surface area contributed by atoms with E-state index in [0.717, 1.165) is 20.1 Å². The van der Waals surface area contributed by atoms with Crippen molar-refractivity contribution in [3.8, 4) is 11.5 Å². The van der Waals surface area contributed by atoms with E-state index in [2.05, 4.69) is 31.9 Å². The molecule has 1 amide bonds. The quantitative estimate of drug-likeness (QED) is 0.206. The third-order valence-electron chi connectivity index (χ3n) is 4.75. The maximum atomic E-state index is 13.1. The van der Waals surface area contributed by atoms with Crippen LogP contribution in [-0.4, -0.2) is 17.3 Å². The first kappa shape index (κ1) is 24.3. The van der Waals surface area contributed by atoms with Crippen LogP contribution in [0.2, 0.25) is 5.02 Å². The van der Waals surface area contributed by atoms with Crippen LogP contribution in [0.5, 0.6) is 11.5 Å². The van der Waals surface area contributed by atoms with E-state index in [-0.39, 0.29) is 5.91 Å². The van der Waals surface area contributed by atoms with Crippen molar-refractivity contribution in [3.05, 3.63) is 90.7 Å². The first-order chi connectivity index (χ1) is 15.9. The van der Waals surface area contributed by atoms with Gasteiger partial charge in [0.05, 0.1) is 22.7 Å². The van der Waals surface area contributed by atoms with Crippen LogP contribution >= 0.6 is 67.4 Å². The number of thiocarbonyl (C=S) groups is 1. The molecular formula is C24H16Br2ClNO3S2. The molecule has 0 spiro atoms. The normalized spacial score (nSPS) is 14.8. The zero-order chi connectivity index (χ0) is 23.5. The Morgan fingerprint density at radius 1 is 1.06 bits per heavy atom. The molecule has 33 heavy (non-hydrogen) atoms. The van der Waals surface area contributed by atoms with E-state index in [1.165, 1.54) is 16.7 Å². The Labute approximate surface area is 223 Å². The molecule has 0 radical (unpaired) electrons. The molecule has 1 saturated heterocycles. The fourth-order valence-corrected chi connectivity index (χ4v) is 5.09. The van der Waals surface area contributed by atoms with Gasteiger partial charge in [0.1, 0.15) is 6.61 Å². The summed E-state index contributed by atoms with van der Waals surface area (Å²) in [5, 5.41) is 0.508. The zero-order valence-corrected chi connectivity index (χ0v) is 22.7. The monoisotopic (exact) mass is 623 g/mol. The van der Waals surface area contributed by atoms with Crippen molar-refractivity contribution in [2.24, 2.45) is 0 Å². The summed E-state index contributed by atoms with van der Waals surface area (Å²) >= 11 is 19.7. The van der Waals surface area contributed by atoms with Crippen LogP contribution < -0.4 is 14.4 Å². The van der Waals surface area contributed by atoms with E-state index < -0.39 is 0 Å². The van der Waals surface area contributed by atoms with Gasteiger partial charge in [-0.25, -0.2) is 0 Å². The summed E-state index contributed by atoms with van der Waals surface area (Å²) in [4.78, 5) is 15.1. The average Bonchev–Trinajstić information content (AvgIpc) is 3.08. The van der Waals surface area contributed by atoms with Gasteiger partial charge in [-0.1, -0.05) is 69.7 Å². The lowest BCUT2D eigenvalue weighted by Crippen LogP contribution is -2.27. The molecule has 1 aliphatic rings. The number of hydrogen-bond donors (Lipinski definition) is 0. The van der Waals surface area contributed by atoms with Crippen molar-refractivity contribution in [2.45, 2.75) is 6.61 Å². The van der Waals surface area contributed by atoms with Crippen LogP contribution in [-0.2, 0) is 11.4 Å². The van der Waals surface area contributed by atoms with E-state index in [1.807, 2.05) is 42.5 Å². The molecule has 3 aromatic rings. The first-order valence-electron chi connectivity index (χ1n) is 9.64. The van der Waals surface area contributed by atoms with Crippen LogP contribution in [0.3, 0.4) is 0 Å². The van der Waals surface area contributed by atoms with Gasteiger partial charge in [0.15, 0.2) is 15.8 Å². The topological polar surface area (TPSA) is 38.8 Å². The van der Waals surface area contributed by atoms with E-state index in [9.17, 15) is 4.79 Å². The second-order valence-electron chi connectivity index (χ2n) is 6.94. The van der Waals surface area contributed by atoms with Gasteiger partial charge in [-0.2, -0.15) is 0 Å². The van der Waals surface area contributed by atoms with Crippen LogP contribution in [0.1, 0.15) is 11.1 Å². The number of nitrogens with zero attached hydrogens (tertiary/aromatic N) is 1. The summed E-state index contributed by atoms with van der Waals surface area (Å²) in [5.74, 6) is 1.00. The molecule has 0 aromatic heterocycles. The summed E-state index contributed by atoms with van der Waals surface area (Å²) in [6, 6.07) is 18.8. The van der Waals surface area contributed by atoms with Gasteiger partial charge >= 0.3 is 0 Å². The van der Waals surface area contributed by atoms with Crippen LogP contribution in [0.4, 0.5) is 5.69 Å². The first-order valence-corrected chi connectivity index (χ1v) is 12.8. The molecule has 3 aromatic carbocycles. The molecule has 1 aliphatic heterocycles. The number of carbonyl (C=O) groups excluding carboxylic acids is 1. The van der Waals surface area contributed by atoms with Crippen molar-refractivity contribution >= 4 is 89.4 Å². The molecule has 4 nitrogen and oxygen atoms in total. The van der Waals surface area contributed by atoms with Crippen molar-refractivity contribution in [3.63, 3.8) is 0 Å². The Balaban J connectivity index is 1.53. The lowest BCUT2D eigenvalue weighted by molar-refractivity contribution is -0.113. The fourth-order valence-electron chi connectivity index (χ4n) is 3.10. The molecule has 4 rings (SSSR count). The minimum Gasteiger partial charge on any atom is -0.493 e. The Bertz CT molecular complexity index is 1270. The standard InChI is InChI=1S/C24H16Br2ClNO3S2/c1-30-21-10-15(4-9-20(21)31-13-14-2-5-16(25)6-3-14)11-22-23(29)28(24(32)33-22)17-7-8-18(26)19(27)12-17/h2-12H,13H2,1H3/b22-11-. The molecule has 0 saturated carbocycles. The molecule has 168 valence electrons. The molecule has 0 unspecified atom stereocenters. The van der Waals surface area contributed by atoms with Gasteiger partial charge in [-0.3, -0.25) is 9.69 Å². The number of ether oxygens (including phenoxy) is 2. The third-order valence-corrected chi connectivity index (χ3v) is 7.81. The Kier molecular flexibility index (Phi) is 7.81. The number of rotatable bonds is 6. The number of methoxy groups -OCH3 is 1. The Morgan fingerprint density at radius 2 is 1.82 bits per heavy atom. The maximum absolute atomic E-state index is 13.1. The summed E-state index contributed by atoms with van der Waals surface area (Å²) < 4.78 is 13.7. The van der Waals surface area contributed by atoms with E-state index in [0.29, 0.717) is 38.0 Å². The maximum Gasteiger partial charge on any atom is 0.270 e. The Hall–Kier alpha value is -1.84. The lowest BCUT2D eigenvalue weighted by Gasteiger charge is -2.15. The van der Waals surface area contributed by atoms with Gasteiger partial charge < -0.3 is 9.47 Å². The van der Waals surface area contributed by atoms with Crippen LogP contribution in [0.15, 0.2) is 74.5 Å². The number of thioether (sulfide) groups is 1. The van der Waals surface area contributed by atoms with Crippen molar-refractivity contribution in [2.75, 3.05) is 12.0 Å². The second kappa shape index (κ2) is 10.6. The molecule has 0 bridgehead atoms. The summed E-state index contributed by atoms with van der Waals surface area (Å²) in [7, 11) is 1.59. The van der Waals surface area contributed by atoms with Crippen molar-refractivity contribution < 1.29 is 14.3 Å². The number of amides is 1. The third kappa shape index (κ3) is 5.63. The predicted octanol–water partition coefficient (Wildman–Crippen LogP) is 7.86. The van der Waals surface area contributed by atoms with Gasteiger partial charge in [-0.05, 0) is 75.6 Å². The van der Waals surface area contributed by atoms with Crippen molar-refractivity contribution in [1.82, 2.24) is 0 Å². The summed E-state index contributed by atoms with van der Waals surface area (Å²) in [5.41, 5.74) is 2.47. The van der Waals surface area contributed by atoms with E-state index in [1.54, 1.807) is 31.4 Å². The number of carbonyl (C=O) groups is 1. The molecule has 1 heterocycles. The zero-order valence-electron chi connectivity index (χ0n) is 17.2. The molecule has 9 heteroatoms. The highest BCUT2D eigenvalue weighted by Gasteiger charge is 2.33. The van der Waals surface area contributed by atoms with Crippen LogP contribution in [0.25, 0.3) is 6.08 Å². The van der Waals surface area contributed by atoms with E-state index >= 15 is 0 Å². The highest BCUT2D eigenvalue weighted by molar-refractivity contribution is 9.10. The number of halogens is 3. The fraction of sp³-hybridized carbons (Fsp3) is 0.0833. The molecule has 1 fully saturated rings. The predicted molar refractivity (Wildman–Crippen MR) is 146 cm³/mol. The molecule has 0 atom stereocenters.